The molecule has 1 fully saturated rings. The molecule has 2 rings (SSSR count). The molecule has 3 heteroatoms. The highest BCUT2D eigenvalue weighted by Crippen LogP contribution is 2.36. The van der Waals surface area contributed by atoms with Gasteiger partial charge in [-0.3, -0.25) is 4.79 Å². The number of thiophene rings is 1. The highest BCUT2D eigenvalue weighted by molar-refractivity contribution is 7.10. The van der Waals surface area contributed by atoms with Crippen molar-refractivity contribution in [2.24, 2.45) is 5.41 Å². The van der Waals surface area contributed by atoms with Gasteiger partial charge in [0.1, 0.15) is 0 Å². The first-order valence-corrected chi connectivity index (χ1v) is 7.34. The van der Waals surface area contributed by atoms with E-state index in [4.69, 9.17) is 0 Å². The molecule has 0 aromatic carbocycles. The number of nitrogens with one attached hydrogen (secondary N) is 1. The van der Waals surface area contributed by atoms with E-state index >= 15 is 0 Å². The maximum absolute atomic E-state index is 12.3. The average molecular weight is 251 g/mol. The zero-order valence-corrected chi connectivity index (χ0v) is 11.5. The second-order valence-corrected chi connectivity index (χ2v) is 6.31. The summed E-state index contributed by atoms with van der Waals surface area (Å²) in [4.78, 5) is 13.6. The van der Waals surface area contributed by atoms with Gasteiger partial charge in [0.2, 0.25) is 5.91 Å². The number of hydrogen-bond acceptors (Lipinski definition) is 2. The quantitative estimate of drug-likeness (QED) is 0.867. The van der Waals surface area contributed by atoms with E-state index in [0.29, 0.717) is 0 Å². The van der Waals surface area contributed by atoms with Gasteiger partial charge in [-0.2, -0.15) is 0 Å². The van der Waals surface area contributed by atoms with Crippen molar-refractivity contribution in [2.45, 2.75) is 52.0 Å². The molecule has 0 saturated heterocycles. The SMILES string of the molecule is CC(NC(=O)C1(C)CCCCC1)c1cccs1. The van der Waals surface area contributed by atoms with Crippen molar-refractivity contribution >= 4 is 17.2 Å². The number of amides is 1. The van der Waals surface area contributed by atoms with Crippen molar-refractivity contribution in [3.8, 4) is 0 Å². The summed E-state index contributed by atoms with van der Waals surface area (Å²) in [6.45, 7) is 4.18. The fraction of sp³-hybridized carbons (Fsp3) is 0.643. The molecular formula is C14H21NOS. The topological polar surface area (TPSA) is 29.1 Å². The van der Waals surface area contributed by atoms with Crippen LogP contribution in [0.2, 0.25) is 0 Å². The van der Waals surface area contributed by atoms with Crippen LogP contribution in [-0.2, 0) is 4.79 Å². The molecule has 0 spiro atoms. The van der Waals surface area contributed by atoms with E-state index < -0.39 is 0 Å². The molecule has 1 N–H and O–H groups in total. The summed E-state index contributed by atoms with van der Waals surface area (Å²) < 4.78 is 0. The zero-order chi connectivity index (χ0) is 12.3. The van der Waals surface area contributed by atoms with Crippen LogP contribution in [0, 0.1) is 5.41 Å². The summed E-state index contributed by atoms with van der Waals surface area (Å²) >= 11 is 1.70. The molecule has 0 aliphatic heterocycles. The molecule has 1 aliphatic carbocycles. The lowest BCUT2D eigenvalue weighted by Gasteiger charge is -2.33. The monoisotopic (exact) mass is 251 g/mol. The summed E-state index contributed by atoms with van der Waals surface area (Å²) in [6, 6.07) is 4.25. The summed E-state index contributed by atoms with van der Waals surface area (Å²) in [5.74, 6) is 0.234. The van der Waals surface area contributed by atoms with Crippen LogP contribution in [0.3, 0.4) is 0 Å². The lowest BCUT2D eigenvalue weighted by atomic mass is 9.75. The van der Waals surface area contributed by atoms with Gasteiger partial charge in [-0.25, -0.2) is 0 Å². The molecule has 1 heterocycles. The molecule has 1 amide bonds. The van der Waals surface area contributed by atoms with E-state index in [9.17, 15) is 4.79 Å². The lowest BCUT2D eigenvalue weighted by molar-refractivity contribution is -0.132. The Balaban J connectivity index is 1.96. The van der Waals surface area contributed by atoms with Crippen LogP contribution >= 0.6 is 11.3 Å². The van der Waals surface area contributed by atoms with Crippen molar-refractivity contribution in [1.29, 1.82) is 0 Å². The fourth-order valence-electron chi connectivity index (χ4n) is 2.54. The second kappa shape index (κ2) is 5.21. The highest BCUT2D eigenvalue weighted by Gasteiger charge is 2.35. The first-order valence-electron chi connectivity index (χ1n) is 6.46. The molecule has 1 unspecified atom stereocenters. The predicted molar refractivity (Wildman–Crippen MR) is 72.1 cm³/mol. The first-order chi connectivity index (χ1) is 8.12. The zero-order valence-electron chi connectivity index (χ0n) is 10.7. The Labute approximate surface area is 107 Å². The third kappa shape index (κ3) is 2.89. The van der Waals surface area contributed by atoms with Crippen LogP contribution in [0.15, 0.2) is 17.5 Å². The average Bonchev–Trinajstić information content (AvgIpc) is 2.83. The van der Waals surface area contributed by atoms with E-state index in [0.717, 1.165) is 12.8 Å². The summed E-state index contributed by atoms with van der Waals surface area (Å²) in [5, 5.41) is 5.22. The van der Waals surface area contributed by atoms with E-state index in [1.165, 1.54) is 24.1 Å². The third-order valence-corrected chi connectivity index (χ3v) is 4.88. The van der Waals surface area contributed by atoms with Crippen molar-refractivity contribution in [2.75, 3.05) is 0 Å². The second-order valence-electron chi connectivity index (χ2n) is 5.33. The van der Waals surface area contributed by atoms with Crippen LogP contribution in [0.1, 0.15) is 56.9 Å². The standard InChI is InChI=1S/C14H21NOS/c1-11(12-7-6-10-17-12)15-13(16)14(2)8-4-3-5-9-14/h6-7,10-11H,3-5,8-9H2,1-2H3,(H,15,16). The smallest absolute Gasteiger partial charge is 0.226 e. The Morgan fingerprint density at radius 3 is 2.71 bits per heavy atom. The van der Waals surface area contributed by atoms with Crippen LogP contribution in [0.4, 0.5) is 0 Å². The van der Waals surface area contributed by atoms with Crippen molar-refractivity contribution in [3.05, 3.63) is 22.4 Å². The molecular weight excluding hydrogens is 230 g/mol. The summed E-state index contributed by atoms with van der Waals surface area (Å²) in [7, 11) is 0. The number of rotatable bonds is 3. The van der Waals surface area contributed by atoms with Crippen molar-refractivity contribution in [1.82, 2.24) is 5.32 Å². The molecule has 94 valence electrons. The van der Waals surface area contributed by atoms with Gasteiger partial charge >= 0.3 is 0 Å². The minimum atomic E-state index is -0.135. The van der Waals surface area contributed by atoms with Crippen molar-refractivity contribution < 1.29 is 4.79 Å². The summed E-state index contributed by atoms with van der Waals surface area (Å²) in [6.07, 6.45) is 5.74. The van der Waals surface area contributed by atoms with Crippen LogP contribution in [0.5, 0.6) is 0 Å². The molecule has 0 bridgehead atoms. The van der Waals surface area contributed by atoms with Gasteiger partial charge in [0.25, 0.3) is 0 Å². The number of hydrogen-bond donors (Lipinski definition) is 1. The normalized spacial score (nSPS) is 20.8. The van der Waals surface area contributed by atoms with Crippen molar-refractivity contribution in [3.63, 3.8) is 0 Å². The van der Waals surface area contributed by atoms with Crippen LogP contribution in [-0.4, -0.2) is 5.91 Å². The molecule has 17 heavy (non-hydrogen) atoms. The van der Waals surface area contributed by atoms with Gasteiger partial charge in [0.15, 0.2) is 0 Å². The molecule has 1 saturated carbocycles. The first kappa shape index (κ1) is 12.6. The van der Waals surface area contributed by atoms with E-state index in [1.807, 2.05) is 6.07 Å². The molecule has 1 atom stereocenters. The third-order valence-electron chi connectivity index (χ3n) is 3.82. The lowest BCUT2D eigenvalue weighted by Crippen LogP contribution is -2.41. The van der Waals surface area contributed by atoms with E-state index in [1.54, 1.807) is 11.3 Å². The van der Waals surface area contributed by atoms with Gasteiger partial charge in [-0.15, -0.1) is 11.3 Å². The largest absolute Gasteiger partial charge is 0.348 e. The van der Waals surface area contributed by atoms with Gasteiger partial charge in [-0.1, -0.05) is 32.3 Å². The Bertz CT molecular complexity index is 366. The number of carbonyl (C=O) groups excluding carboxylic acids is 1. The Hall–Kier alpha value is -0.830. The maximum Gasteiger partial charge on any atom is 0.226 e. The molecule has 1 aromatic rings. The Morgan fingerprint density at radius 1 is 1.41 bits per heavy atom. The molecule has 0 radical (unpaired) electrons. The summed E-state index contributed by atoms with van der Waals surface area (Å²) in [5.41, 5.74) is -0.135. The van der Waals surface area contributed by atoms with Crippen LogP contribution in [0.25, 0.3) is 0 Å². The van der Waals surface area contributed by atoms with E-state index in [-0.39, 0.29) is 17.4 Å². The minimum absolute atomic E-state index is 0.135. The minimum Gasteiger partial charge on any atom is -0.348 e. The van der Waals surface area contributed by atoms with Gasteiger partial charge < -0.3 is 5.32 Å². The fourth-order valence-corrected chi connectivity index (χ4v) is 3.27. The highest BCUT2D eigenvalue weighted by atomic mass is 32.1. The van der Waals surface area contributed by atoms with Gasteiger partial charge in [-0.05, 0) is 31.2 Å². The number of carbonyl (C=O) groups is 1. The van der Waals surface area contributed by atoms with Gasteiger partial charge in [0.05, 0.1) is 6.04 Å². The molecule has 1 aromatic heterocycles. The van der Waals surface area contributed by atoms with Gasteiger partial charge in [0, 0.05) is 10.3 Å². The Morgan fingerprint density at radius 2 is 2.12 bits per heavy atom. The molecule has 1 aliphatic rings. The maximum atomic E-state index is 12.3. The predicted octanol–water partition coefficient (Wildman–Crippen LogP) is 3.90. The van der Waals surface area contributed by atoms with E-state index in [2.05, 4.69) is 30.6 Å². The Kier molecular flexibility index (Phi) is 3.87. The van der Waals surface area contributed by atoms with Crippen LogP contribution < -0.4 is 5.32 Å². The molecule has 2 nitrogen and oxygen atoms in total.